The summed E-state index contributed by atoms with van der Waals surface area (Å²) in [7, 11) is 0. The standard InChI is InChI=1S/C33H30/c1-5-23-9-13-25(14-10-23)27-17-19-31-29(21-27)30-22-28(26-15-11-24(6-2)12-16-26)18-20-32(30)33(31,7-3)8-4/h5-6,9-22H,1-2,7-8H2,3-4H3. The van der Waals surface area contributed by atoms with E-state index in [1.807, 2.05) is 12.2 Å². The summed E-state index contributed by atoms with van der Waals surface area (Å²) in [5.41, 5.74) is 13.1. The largest absolute Gasteiger partial charge is 0.0985 e. The van der Waals surface area contributed by atoms with Crippen LogP contribution >= 0.6 is 0 Å². The van der Waals surface area contributed by atoms with Crippen LogP contribution in [0.2, 0.25) is 0 Å². The second-order valence-corrected chi connectivity index (χ2v) is 8.96. The van der Waals surface area contributed by atoms with Crippen molar-refractivity contribution in [3.05, 3.63) is 120 Å². The van der Waals surface area contributed by atoms with Gasteiger partial charge in [0.1, 0.15) is 0 Å². The van der Waals surface area contributed by atoms with Crippen LogP contribution in [-0.2, 0) is 5.41 Å². The van der Waals surface area contributed by atoms with E-state index in [1.54, 1.807) is 0 Å². The van der Waals surface area contributed by atoms with Crippen LogP contribution in [0.3, 0.4) is 0 Å². The number of hydrogen-bond donors (Lipinski definition) is 0. The Morgan fingerprint density at radius 1 is 0.545 bits per heavy atom. The van der Waals surface area contributed by atoms with Gasteiger partial charge in [-0.15, -0.1) is 0 Å². The van der Waals surface area contributed by atoms with E-state index in [0.29, 0.717) is 0 Å². The SMILES string of the molecule is C=Cc1ccc(-c2ccc3c(c2)-c2cc(-c4ccc(C=C)cc4)ccc2C3(CC)CC)cc1. The van der Waals surface area contributed by atoms with Crippen molar-refractivity contribution in [2.24, 2.45) is 0 Å². The minimum atomic E-state index is 0.0844. The van der Waals surface area contributed by atoms with Gasteiger partial charge in [-0.1, -0.05) is 112 Å². The molecule has 0 atom stereocenters. The molecule has 162 valence electrons. The number of fused-ring (bicyclic) bond motifs is 3. The van der Waals surface area contributed by atoms with Gasteiger partial charge in [-0.2, -0.15) is 0 Å². The van der Waals surface area contributed by atoms with Crippen molar-refractivity contribution in [3.8, 4) is 33.4 Å². The zero-order chi connectivity index (χ0) is 23.0. The molecule has 0 saturated carbocycles. The molecule has 4 aromatic rings. The zero-order valence-corrected chi connectivity index (χ0v) is 19.6. The Morgan fingerprint density at radius 2 is 0.909 bits per heavy atom. The van der Waals surface area contributed by atoms with E-state index in [0.717, 1.165) is 24.0 Å². The molecule has 0 aliphatic heterocycles. The van der Waals surface area contributed by atoms with Gasteiger partial charge in [0, 0.05) is 5.41 Å². The van der Waals surface area contributed by atoms with Crippen LogP contribution in [0.1, 0.15) is 48.9 Å². The second kappa shape index (κ2) is 8.37. The van der Waals surface area contributed by atoms with Crippen LogP contribution in [0.4, 0.5) is 0 Å². The van der Waals surface area contributed by atoms with Crippen LogP contribution in [0, 0.1) is 0 Å². The van der Waals surface area contributed by atoms with Gasteiger partial charge < -0.3 is 0 Å². The number of hydrogen-bond acceptors (Lipinski definition) is 0. The third kappa shape index (κ3) is 3.38. The molecule has 0 bridgehead atoms. The molecule has 4 aromatic carbocycles. The molecule has 0 radical (unpaired) electrons. The first kappa shape index (κ1) is 21.2. The zero-order valence-electron chi connectivity index (χ0n) is 19.6. The maximum atomic E-state index is 3.88. The molecule has 1 aliphatic carbocycles. The van der Waals surface area contributed by atoms with Gasteiger partial charge in [-0.3, -0.25) is 0 Å². The van der Waals surface area contributed by atoms with E-state index < -0.39 is 0 Å². The Labute approximate surface area is 198 Å². The first-order chi connectivity index (χ1) is 16.1. The Balaban J connectivity index is 1.67. The summed E-state index contributed by atoms with van der Waals surface area (Å²) in [5, 5.41) is 0. The molecule has 5 rings (SSSR count). The van der Waals surface area contributed by atoms with E-state index in [9.17, 15) is 0 Å². The Bertz CT molecular complexity index is 1230. The topological polar surface area (TPSA) is 0 Å². The Hall–Kier alpha value is -3.64. The molecule has 0 unspecified atom stereocenters. The van der Waals surface area contributed by atoms with Crippen molar-refractivity contribution in [1.29, 1.82) is 0 Å². The molecular weight excluding hydrogens is 396 g/mol. The van der Waals surface area contributed by atoms with E-state index in [-0.39, 0.29) is 5.41 Å². The van der Waals surface area contributed by atoms with Crippen LogP contribution in [0.5, 0.6) is 0 Å². The van der Waals surface area contributed by atoms with Gasteiger partial charge in [0.15, 0.2) is 0 Å². The second-order valence-electron chi connectivity index (χ2n) is 8.96. The third-order valence-electron chi connectivity index (χ3n) is 7.53. The third-order valence-corrected chi connectivity index (χ3v) is 7.53. The number of rotatable bonds is 6. The molecule has 1 aliphatic rings. The van der Waals surface area contributed by atoms with Gasteiger partial charge in [-0.05, 0) is 80.6 Å². The summed E-state index contributed by atoms with van der Waals surface area (Å²) in [6.45, 7) is 12.4. The highest BCUT2D eigenvalue weighted by Gasteiger charge is 2.40. The van der Waals surface area contributed by atoms with Crippen molar-refractivity contribution < 1.29 is 0 Å². The molecule has 0 nitrogen and oxygen atoms in total. The van der Waals surface area contributed by atoms with Crippen molar-refractivity contribution in [1.82, 2.24) is 0 Å². The van der Waals surface area contributed by atoms with Crippen LogP contribution in [0.25, 0.3) is 45.5 Å². The molecule has 0 spiro atoms. The average Bonchev–Trinajstić information content (AvgIpc) is 3.17. The summed E-state index contributed by atoms with van der Waals surface area (Å²) in [5.74, 6) is 0. The molecule has 0 amide bonds. The van der Waals surface area contributed by atoms with Gasteiger partial charge >= 0.3 is 0 Å². The summed E-state index contributed by atoms with van der Waals surface area (Å²) in [6, 6.07) is 31.4. The summed E-state index contributed by atoms with van der Waals surface area (Å²) in [4.78, 5) is 0. The number of benzene rings is 4. The molecule has 0 heteroatoms. The molecule has 33 heavy (non-hydrogen) atoms. The van der Waals surface area contributed by atoms with Gasteiger partial charge in [0.25, 0.3) is 0 Å². The van der Waals surface area contributed by atoms with E-state index in [2.05, 4.69) is 112 Å². The molecule has 0 fully saturated rings. The monoisotopic (exact) mass is 426 g/mol. The predicted octanol–water partition coefficient (Wildman–Crippen LogP) is 9.39. The van der Waals surface area contributed by atoms with Gasteiger partial charge in [0.05, 0.1) is 0 Å². The summed E-state index contributed by atoms with van der Waals surface area (Å²) < 4.78 is 0. The fraction of sp³-hybridized carbons (Fsp3) is 0.152. The predicted molar refractivity (Wildman–Crippen MR) is 144 cm³/mol. The van der Waals surface area contributed by atoms with E-state index in [4.69, 9.17) is 0 Å². The lowest BCUT2D eigenvalue weighted by Crippen LogP contribution is -2.22. The first-order valence-corrected chi connectivity index (χ1v) is 11.9. The maximum Gasteiger partial charge on any atom is 0.0210 e. The molecule has 0 N–H and O–H groups in total. The molecular formula is C33H30. The molecule has 0 saturated heterocycles. The lowest BCUT2D eigenvalue weighted by Gasteiger charge is -2.29. The normalized spacial score (nSPS) is 13.3. The Morgan fingerprint density at radius 3 is 1.24 bits per heavy atom. The van der Waals surface area contributed by atoms with Crippen molar-refractivity contribution in [2.75, 3.05) is 0 Å². The quantitative estimate of drug-likeness (QED) is 0.288. The smallest absolute Gasteiger partial charge is 0.0210 e. The van der Waals surface area contributed by atoms with Gasteiger partial charge in [-0.25, -0.2) is 0 Å². The fourth-order valence-corrected chi connectivity index (χ4v) is 5.51. The molecule has 0 heterocycles. The Kier molecular flexibility index (Phi) is 5.38. The van der Waals surface area contributed by atoms with Crippen molar-refractivity contribution >= 4 is 12.2 Å². The minimum Gasteiger partial charge on any atom is -0.0985 e. The fourth-order valence-electron chi connectivity index (χ4n) is 5.51. The highest BCUT2D eigenvalue weighted by atomic mass is 14.4. The first-order valence-electron chi connectivity index (χ1n) is 11.9. The average molecular weight is 427 g/mol. The van der Waals surface area contributed by atoms with E-state index >= 15 is 0 Å². The lowest BCUT2D eigenvalue weighted by molar-refractivity contribution is 0.490. The van der Waals surface area contributed by atoms with Crippen molar-refractivity contribution in [3.63, 3.8) is 0 Å². The summed E-state index contributed by atoms with van der Waals surface area (Å²) >= 11 is 0. The highest BCUT2D eigenvalue weighted by molar-refractivity contribution is 5.87. The lowest BCUT2D eigenvalue weighted by atomic mass is 9.73. The van der Waals surface area contributed by atoms with Gasteiger partial charge in [0.2, 0.25) is 0 Å². The van der Waals surface area contributed by atoms with Crippen LogP contribution in [0.15, 0.2) is 98.1 Å². The van der Waals surface area contributed by atoms with Crippen molar-refractivity contribution in [2.45, 2.75) is 32.1 Å². The van der Waals surface area contributed by atoms with Crippen LogP contribution < -0.4 is 0 Å². The highest BCUT2D eigenvalue weighted by Crippen LogP contribution is 2.54. The van der Waals surface area contributed by atoms with E-state index in [1.165, 1.54) is 44.5 Å². The minimum absolute atomic E-state index is 0.0844. The maximum absolute atomic E-state index is 3.88. The summed E-state index contributed by atoms with van der Waals surface area (Å²) in [6.07, 6.45) is 5.99. The van der Waals surface area contributed by atoms with Crippen LogP contribution in [-0.4, -0.2) is 0 Å². The molecule has 0 aromatic heterocycles.